The number of carbonyl (C=O) groups is 2. The first-order valence-corrected chi connectivity index (χ1v) is 6.21. The van der Waals surface area contributed by atoms with E-state index in [4.69, 9.17) is 5.73 Å². The molecular weight excluding hydrogens is 250 g/mol. The van der Waals surface area contributed by atoms with E-state index < -0.39 is 5.24 Å². The summed E-state index contributed by atoms with van der Waals surface area (Å²) in [6.45, 7) is 0. The number of hydrogen-bond acceptors (Lipinski definition) is 4. The summed E-state index contributed by atoms with van der Waals surface area (Å²) in [6, 6.07) is 9.26. The molecule has 18 heavy (non-hydrogen) atoms. The third kappa shape index (κ3) is 2.98. The molecule has 1 aromatic heterocycles. The molecule has 0 atom stereocenters. The van der Waals surface area contributed by atoms with Crippen LogP contribution in [0.2, 0.25) is 0 Å². The van der Waals surface area contributed by atoms with Crippen LogP contribution in [0.1, 0.15) is 0 Å². The minimum Gasteiger partial charge on any atom is -0.361 e. The molecule has 2 rings (SSSR count). The minimum absolute atomic E-state index is 0.00143. The van der Waals surface area contributed by atoms with Crippen molar-refractivity contribution in [2.75, 3.05) is 11.1 Å². The molecule has 6 heteroatoms. The largest absolute Gasteiger partial charge is 0.361 e. The van der Waals surface area contributed by atoms with Crippen LogP contribution in [0, 0.1) is 0 Å². The predicted octanol–water partition coefficient (Wildman–Crippen LogP) is 1.99. The molecule has 0 fully saturated rings. The highest BCUT2D eigenvalue weighted by Gasteiger charge is 2.07. The van der Waals surface area contributed by atoms with Crippen LogP contribution in [-0.2, 0) is 4.79 Å². The van der Waals surface area contributed by atoms with Crippen LogP contribution in [0.15, 0.2) is 36.5 Å². The fraction of sp³-hybridized carbons (Fsp3) is 0.0833. The first kappa shape index (κ1) is 12.4. The van der Waals surface area contributed by atoms with Crippen LogP contribution in [0.4, 0.5) is 10.5 Å². The van der Waals surface area contributed by atoms with Crippen molar-refractivity contribution in [2.24, 2.45) is 5.73 Å². The number of amides is 2. The van der Waals surface area contributed by atoms with Gasteiger partial charge in [-0.1, -0.05) is 30.0 Å². The lowest BCUT2D eigenvalue weighted by Gasteiger charge is -2.06. The average Bonchev–Trinajstić information content (AvgIpc) is 2.37. The van der Waals surface area contributed by atoms with E-state index in [1.165, 1.54) is 0 Å². The van der Waals surface area contributed by atoms with Crippen LogP contribution >= 0.6 is 11.8 Å². The zero-order valence-electron chi connectivity index (χ0n) is 9.42. The van der Waals surface area contributed by atoms with Gasteiger partial charge in [0, 0.05) is 11.6 Å². The summed E-state index contributed by atoms with van der Waals surface area (Å²) in [5, 5.41) is 3.08. The summed E-state index contributed by atoms with van der Waals surface area (Å²) >= 11 is 0.770. The summed E-state index contributed by atoms with van der Waals surface area (Å²) in [4.78, 5) is 26.4. The number of nitrogens with two attached hydrogens (primary N) is 1. The summed E-state index contributed by atoms with van der Waals surface area (Å²) in [5.74, 6) is -0.282. The van der Waals surface area contributed by atoms with Gasteiger partial charge in [0.1, 0.15) is 0 Å². The van der Waals surface area contributed by atoms with E-state index in [1.807, 2.05) is 24.3 Å². The van der Waals surface area contributed by atoms with Gasteiger partial charge in [-0.25, -0.2) is 0 Å². The molecule has 0 unspecified atom stereocenters. The molecule has 2 aromatic rings. The lowest BCUT2D eigenvalue weighted by Crippen LogP contribution is -2.17. The molecule has 92 valence electrons. The second-order valence-electron chi connectivity index (χ2n) is 3.54. The molecule has 0 spiro atoms. The quantitative estimate of drug-likeness (QED) is 0.884. The van der Waals surface area contributed by atoms with E-state index in [1.54, 1.807) is 12.3 Å². The van der Waals surface area contributed by atoms with Crippen LogP contribution in [0.25, 0.3) is 10.9 Å². The van der Waals surface area contributed by atoms with Gasteiger partial charge in [0.25, 0.3) is 5.24 Å². The fourth-order valence-corrected chi connectivity index (χ4v) is 1.87. The number of carbonyl (C=O) groups excluding carboxylic acids is 2. The molecule has 1 heterocycles. The van der Waals surface area contributed by atoms with Crippen molar-refractivity contribution in [3.8, 4) is 0 Å². The molecule has 1 aromatic carbocycles. The van der Waals surface area contributed by atoms with Crippen molar-refractivity contribution >= 4 is 39.5 Å². The van der Waals surface area contributed by atoms with Crippen LogP contribution < -0.4 is 11.1 Å². The molecule has 0 bridgehead atoms. The maximum Gasteiger partial charge on any atom is 0.276 e. The Hall–Kier alpha value is -2.08. The smallest absolute Gasteiger partial charge is 0.276 e. The molecule has 2 amide bonds. The molecule has 0 aliphatic rings. The minimum atomic E-state index is -0.568. The number of thioether (sulfide) groups is 1. The van der Waals surface area contributed by atoms with Crippen LogP contribution in [-0.4, -0.2) is 21.9 Å². The maximum absolute atomic E-state index is 11.6. The lowest BCUT2D eigenvalue weighted by atomic mass is 10.2. The summed E-state index contributed by atoms with van der Waals surface area (Å²) in [5.41, 5.74) is 6.30. The first-order valence-electron chi connectivity index (χ1n) is 5.22. The van der Waals surface area contributed by atoms with Crippen molar-refractivity contribution in [2.45, 2.75) is 0 Å². The second-order valence-corrected chi connectivity index (χ2v) is 4.52. The Morgan fingerprint density at radius 2 is 2.06 bits per heavy atom. The highest BCUT2D eigenvalue weighted by Crippen LogP contribution is 2.20. The Morgan fingerprint density at radius 3 is 2.83 bits per heavy atom. The number of benzene rings is 1. The highest BCUT2D eigenvalue weighted by molar-refractivity contribution is 8.14. The van der Waals surface area contributed by atoms with Crippen LogP contribution in [0.5, 0.6) is 0 Å². The third-order valence-electron chi connectivity index (χ3n) is 2.25. The van der Waals surface area contributed by atoms with Crippen molar-refractivity contribution < 1.29 is 9.59 Å². The second kappa shape index (κ2) is 5.50. The normalized spacial score (nSPS) is 10.2. The van der Waals surface area contributed by atoms with Gasteiger partial charge in [-0.2, -0.15) is 0 Å². The Bertz CT molecular complexity index is 595. The standard InChI is InChI=1S/C12H11N3O2S/c13-12(17)18-7-10(16)15-9-5-1-3-8-4-2-6-14-11(8)9/h1-6H,7H2,(H2,13,17)(H,15,16). The first-order chi connectivity index (χ1) is 8.66. The van der Waals surface area contributed by atoms with E-state index in [-0.39, 0.29) is 11.7 Å². The molecular formula is C12H11N3O2S. The number of aromatic nitrogens is 1. The Kier molecular flexibility index (Phi) is 3.78. The Morgan fingerprint density at radius 1 is 1.28 bits per heavy atom. The van der Waals surface area contributed by atoms with E-state index in [9.17, 15) is 9.59 Å². The summed E-state index contributed by atoms with van der Waals surface area (Å²) in [6.07, 6.45) is 1.66. The number of hydrogen-bond donors (Lipinski definition) is 2. The van der Waals surface area contributed by atoms with E-state index in [0.717, 1.165) is 22.7 Å². The van der Waals surface area contributed by atoms with Crippen molar-refractivity contribution in [1.29, 1.82) is 0 Å². The number of anilines is 1. The number of nitrogens with one attached hydrogen (secondary N) is 1. The monoisotopic (exact) mass is 261 g/mol. The summed E-state index contributed by atoms with van der Waals surface area (Å²) in [7, 11) is 0. The van der Waals surface area contributed by atoms with Gasteiger partial charge in [0.15, 0.2) is 0 Å². The van der Waals surface area contributed by atoms with Crippen molar-refractivity contribution in [3.63, 3.8) is 0 Å². The molecule has 0 aliphatic carbocycles. The number of primary amides is 1. The Labute approximate surface area is 108 Å². The van der Waals surface area contributed by atoms with E-state index in [0.29, 0.717) is 5.69 Å². The predicted molar refractivity (Wildman–Crippen MR) is 72.4 cm³/mol. The number of pyridine rings is 1. The van der Waals surface area contributed by atoms with Crippen molar-refractivity contribution in [3.05, 3.63) is 36.5 Å². The topological polar surface area (TPSA) is 85.1 Å². The third-order valence-corrected chi connectivity index (χ3v) is 2.94. The number of nitrogens with zero attached hydrogens (tertiary/aromatic N) is 1. The maximum atomic E-state index is 11.6. The van der Waals surface area contributed by atoms with Gasteiger partial charge in [0.2, 0.25) is 5.91 Å². The van der Waals surface area contributed by atoms with Gasteiger partial charge in [0.05, 0.1) is 17.0 Å². The van der Waals surface area contributed by atoms with Gasteiger partial charge in [-0.05, 0) is 12.1 Å². The van der Waals surface area contributed by atoms with E-state index in [2.05, 4.69) is 10.3 Å². The summed E-state index contributed by atoms with van der Waals surface area (Å²) < 4.78 is 0. The zero-order chi connectivity index (χ0) is 13.0. The van der Waals surface area contributed by atoms with Gasteiger partial charge < -0.3 is 11.1 Å². The molecule has 3 N–H and O–H groups in total. The highest BCUT2D eigenvalue weighted by atomic mass is 32.2. The molecule has 0 saturated carbocycles. The molecule has 5 nitrogen and oxygen atoms in total. The van der Waals surface area contributed by atoms with Crippen molar-refractivity contribution in [1.82, 2.24) is 4.98 Å². The van der Waals surface area contributed by atoms with Crippen LogP contribution in [0.3, 0.4) is 0 Å². The number of para-hydroxylation sites is 1. The average molecular weight is 261 g/mol. The van der Waals surface area contributed by atoms with Gasteiger partial charge >= 0.3 is 0 Å². The number of fused-ring (bicyclic) bond motifs is 1. The fourth-order valence-electron chi connectivity index (χ4n) is 1.53. The zero-order valence-corrected chi connectivity index (χ0v) is 10.2. The number of rotatable bonds is 3. The van der Waals surface area contributed by atoms with Gasteiger partial charge in [-0.3, -0.25) is 14.6 Å². The van der Waals surface area contributed by atoms with Gasteiger partial charge in [-0.15, -0.1) is 0 Å². The lowest BCUT2D eigenvalue weighted by molar-refractivity contribution is -0.113. The molecule has 0 aliphatic heterocycles. The SMILES string of the molecule is NC(=O)SCC(=O)Nc1cccc2cccnc12. The van der Waals surface area contributed by atoms with E-state index >= 15 is 0 Å². The Balaban J connectivity index is 2.16. The molecule has 0 radical (unpaired) electrons. The molecule has 0 saturated heterocycles.